The number of nitrogens with one attached hydrogen (secondary N) is 1. The molecule has 1 aromatic rings. The Balaban J connectivity index is 2.76. The molecule has 3 heteroatoms. The smallest absolute Gasteiger partial charge is 0.241 e. The van der Waals surface area contributed by atoms with Crippen LogP contribution in [0.25, 0.3) is 0 Å². The van der Waals surface area contributed by atoms with Crippen LogP contribution in [0.2, 0.25) is 0 Å². The molecule has 0 spiro atoms. The van der Waals surface area contributed by atoms with E-state index in [0.29, 0.717) is 0 Å². The summed E-state index contributed by atoms with van der Waals surface area (Å²) >= 11 is 0. The predicted octanol–water partition coefficient (Wildman–Crippen LogP) is 2.88. The van der Waals surface area contributed by atoms with Gasteiger partial charge in [-0.05, 0) is 42.5 Å². The number of rotatable bonds is 6. The zero-order valence-electron chi connectivity index (χ0n) is 11.6. The molecule has 0 saturated heterocycles. The number of amides is 1. The van der Waals surface area contributed by atoms with Crippen molar-refractivity contribution >= 4 is 11.6 Å². The van der Waals surface area contributed by atoms with Crippen LogP contribution in [0.4, 0.5) is 5.69 Å². The Morgan fingerprint density at radius 3 is 2.44 bits per heavy atom. The molecule has 1 atom stereocenters. The second kappa shape index (κ2) is 7.17. The molecule has 1 amide bonds. The van der Waals surface area contributed by atoms with Gasteiger partial charge in [0.15, 0.2) is 0 Å². The molecule has 3 nitrogen and oxygen atoms in total. The molecule has 0 fully saturated rings. The molecule has 0 aliphatic carbocycles. The summed E-state index contributed by atoms with van der Waals surface area (Å²) in [5.41, 5.74) is 9.27. The third-order valence-electron chi connectivity index (χ3n) is 3.17. The van der Waals surface area contributed by atoms with Gasteiger partial charge < -0.3 is 11.1 Å². The quantitative estimate of drug-likeness (QED) is 0.813. The molecule has 1 aromatic carbocycles. The Kier molecular flexibility index (Phi) is 5.86. The number of carbonyl (C=O) groups excluding carboxylic acids is 1. The first-order valence-corrected chi connectivity index (χ1v) is 6.80. The highest BCUT2D eigenvalue weighted by molar-refractivity contribution is 5.94. The number of carbonyl (C=O) groups is 1. The molecule has 1 unspecified atom stereocenters. The fraction of sp³-hybridized carbons (Fsp3) is 0.533. The fourth-order valence-electron chi connectivity index (χ4n) is 2.05. The SMILES string of the molecule is CCCC(N)C(=O)Nc1ccc(CC)c(CC)c1. The van der Waals surface area contributed by atoms with E-state index in [1.54, 1.807) is 0 Å². The zero-order chi connectivity index (χ0) is 13.5. The van der Waals surface area contributed by atoms with Crippen molar-refractivity contribution in [2.24, 2.45) is 5.73 Å². The minimum absolute atomic E-state index is 0.0943. The summed E-state index contributed by atoms with van der Waals surface area (Å²) in [5, 5.41) is 2.89. The lowest BCUT2D eigenvalue weighted by molar-refractivity contribution is -0.117. The third-order valence-corrected chi connectivity index (χ3v) is 3.17. The van der Waals surface area contributed by atoms with Crippen LogP contribution in [-0.2, 0) is 17.6 Å². The van der Waals surface area contributed by atoms with Crippen molar-refractivity contribution in [3.05, 3.63) is 29.3 Å². The van der Waals surface area contributed by atoms with Crippen LogP contribution in [0, 0.1) is 0 Å². The van der Waals surface area contributed by atoms with E-state index in [0.717, 1.165) is 31.4 Å². The minimum Gasteiger partial charge on any atom is -0.325 e. The summed E-state index contributed by atoms with van der Waals surface area (Å²) in [7, 11) is 0. The topological polar surface area (TPSA) is 55.1 Å². The second-order valence-corrected chi connectivity index (χ2v) is 4.58. The fourth-order valence-corrected chi connectivity index (χ4v) is 2.05. The van der Waals surface area contributed by atoms with Gasteiger partial charge in [-0.1, -0.05) is 33.3 Å². The van der Waals surface area contributed by atoms with Gasteiger partial charge in [-0.2, -0.15) is 0 Å². The summed E-state index contributed by atoms with van der Waals surface area (Å²) < 4.78 is 0. The monoisotopic (exact) mass is 248 g/mol. The average molecular weight is 248 g/mol. The van der Waals surface area contributed by atoms with Crippen molar-refractivity contribution in [2.75, 3.05) is 5.32 Å². The van der Waals surface area contributed by atoms with E-state index in [-0.39, 0.29) is 5.91 Å². The van der Waals surface area contributed by atoms with Gasteiger partial charge in [0, 0.05) is 5.69 Å². The van der Waals surface area contributed by atoms with Crippen LogP contribution in [0.1, 0.15) is 44.7 Å². The molecular formula is C15H24N2O. The van der Waals surface area contributed by atoms with Gasteiger partial charge in [0.1, 0.15) is 0 Å². The van der Waals surface area contributed by atoms with Crippen molar-refractivity contribution in [3.63, 3.8) is 0 Å². The molecule has 0 heterocycles. The van der Waals surface area contributed by atoms with Crippen molar-refractivity contribution in [1.29, 1.82) is 0 Å². The van der Waals surface area contributed by atoms with Crippen LogP contribution in [0.5, 0.6) is 0 Å². The Morgan fingerprint density at radius 2 is 1.89 bits per heavy atom. The van der Waals surface area contributed by atoms with E-state index < -0.39 is 6.04 Å². The number of benzene rings is 1. The molecule has 100 valence electrons. The maximum absolute atomic E-state index is 11.8. The highest BCUT2D eigenvalue weighted by Gasteiger charge is 2.12. The van der Waals surface area contributed by atoms with Crippen molar-refractivity contribution in [1.82, 2.24) is 0 Å². The highest BCUT2D eigenvalue weighted by atomic mass is 16.2. The van der Waals surface area contributed by atoms with Gasteiger partial charge in [-0.3, -0.25) is 4.79 Å². The first kappa shape index (κ1) is 14.7. The normalized spacial score (nSPS) is 12.2. The van der Waals surface area contributed by atoms with Gasteiger partial charge in [-0.15, -0.1) is 0 Å². The standard InChI is InChI=1S/C15H24N2O/c1-4-7-14(16)15(18)17-13-9-8-11(5-2)12(6-3)10-13/h8-10,14H,4-7,16H2,1-3H3,(H,17,18). The van der Waals surface area contributed by atoms with Gasteiger partial charge in [0.2, 0.25) is 5.91 Å². The average Bonchev–Trinajstić information content (AvgIpc) is 2.38. The number of hydrogen-bond donors (Lipinski definition) is 2. The molecule has 0 radical (unpaired) electrons. The van der Waals surface area contributed by atoms with E-state index in [2.05, 4.69) is 31.3 Å². The second-order valence-electron chi connectivity index (χ2n) is 4.58. The molecule has 3 N–H and O–H groups in total. The van der Waals surface area contributed by atoms with E-state index in [9.17, 15) is 4.79 Å². The van der Waals surface area contributed by atoms with Crippen molar-refractivity contribution in [2.45, 2.75) is 52.5 Å². The van der Waals surface area contributed by atoms with Crippen LogP contribution < -0.4 is 11.1 Å². The summed E-state index contributed by atoms with van der Waals surface area (Å²) in [6.07, 6.45) is 3.64. The maximum Gasteiger partial charge on any atom is 0.241 e. The molecule has 18 heavy (non-hydrogen) atoms. The number of hydrogen-bond acceptors (Lipinski definition) is 2. The first-order chi connectivity index (χ1) is 8.62. The zero-order valence-corrected chi connectivity index (χ0v) is 11.6. The van der Waals surface area contributed by atoms with Gasteiger partial charge in [0.05, 0.1) is 6.04 Å². The number of anilines is 1. The minimum atomic E-state index is -0.411. The molecule has 0 bridgehead atoms. The maximum atomic E-state index is 11.8. The summed E-state index contributed by atoms with van der Waals surface area (Å²) in [6.45, 7) is 6.30. The van der Waals surface area contributed by atoms with Crippen LogP contribution in [-0.4, -0.2) is 11.9 Å². The van der Waals surface area contributed by atoms with Gasteiger partial charge >= 0.3 is 0 Å². The Bertz CT molecular complexity index is 401. The molecular weight excluding hydrogens is 224 g/mol. The lowest BCUT2D eigenvalue weighted by atomic mass is 10.0. The van der Waals surface area contributed by atoms with Gasteiger partial charge in [-0.25, -0.2) is 0 Å². The lowest BCUT2D eigenvalue weighted by Crippen LogP contribution is -2.35. The Labute approximate surface area is 110 Å². The third kappa shape index (κ3) is 3.84. The van der Waals surface area contributed by atoms with E-state index in [4.69, 9.17) is 5.73 Å². The largest absolute Gasteiger partial charge is 0.325 e. The van der Waals surface area contributed by atoms with E-state index >= 15 is 0 Å². The van der Waals surface area contributed by atoms with Crippen LogP contribution in [0.3, 0.4) is 0 Å². The number of nitrogens with two attached hydrogens (primary N) is 1. The van der Waals surface area contributed by atoms with E-state index in [1.165, 1.54) is 11.1 Å². The summed E-state index contributed by atoms with van der Waals surface area (Å²) in [4.78, 5) is 11.8. The highest BCUT2D eigenvalue weighted by Crippen LogP contribution is 2.17. The molecule has 0 saturated carbocycles. The Morgan fingerprint density at radius 1 is 1.22 bits per heavy atom. The van der Waals surface area contributed by atoms with Crippen LogP contribution in [0.15, 0.2) is 18.2 Å². The van der Waals surface area contributed by atoms with Crippen molar-refractivity contribution in [3.8, 4) is 0 Å². The summed E-state index contributed by atoms with van der Waals surface area (Å²) in [5.74, 6) is -0.0943. The predicted molar refractivity (Wildman–Crippen MR) is 76.7 cm³/mol. The van der Waals surface area contributed by atoms with Crippen molar-refractivity contribution < 1.29 is 4.79 Å². The van der Waals surface area contributed by atoms with E-state index in [1.807, 2.05) is 13.0 Å². The first-order valence-electron chi connectivity index (χ1n) is 6.80. The lowest BCUT2D eigenvalue weighted by Gasteiger charge is -2.13. The Hall–Kier alpha value is -1.35. The molecule has 0 aromatic heterocycles. The van der Waals surface area contributed by atoms with Gasteiger partial charge in [0.25, 0.3) is 0 Å². The summed E-state index contributed by atoms with van der Waals surface area (Å²) in [6, 6.07) is 5.68. The number of aryl methyl sites for hydroxylation is 2. The van der Waals surface area contributed by atoms with Crippen LogP contribution >= 0.6 is 0 Å². The molecule has 0 aliphatic rings. The molecule has 0 aliphatic heterocycles. The molecule has 1 rings (SSSR count).